The zero-order valence-corrected chi connectivity index (χ0v) is 19.3. The Morgan fingerprint density at radius 2 is 1.65 bits per heavy atom. The number of carbonyl (C=O) groups is 1. The number of benzene rings is 2. The van der Waals surface area contributed by atoms with E-state index in [0.29, 0.717) is 12.2 Å². The van der Waals surface area contributed by atoms with Crippen molar-refractivity contribution in [1.29, 1.82) is 0 Å². The molecule has 4 nitrogen and oxygen atoms in total. The van der Waals surface area contributed by atoms with Crippen LogP contribution in [0.15, 0.2) is 54.6 Å². The summed E-state index contributed by atoms with van der Waals surface area (Å²) in [5.74, 6) is 1.37. The topological polar surface area (TPSA) is 32.8 Å². The van der Waals surface area contributed by atoms with Gasteiger partial charge in [-0.2, -0.15) is 0 Å². The van der Waals surface area contributed by atoms with Crippen LogP contribution in [0.4, 0.5) is 5.69 Å². The molecule has 0 aliphatic carbocycles. The summed E-state index contributed by atoms with van der Waals surface area (Å²) in [7, 11) is 1.73. The molecule has 1 saturated heterocycles. The van der Waals surface area contributed by atoms with E-state index in [0.717, 1.165) is 57.7 Å². The van der Waals surface area contributed by atoms with Gasteiger partial charge in [0, 0.05) is 38.5 Å². The van der Waals surface area contributed by atoms with E-state index < -0.39 is 0 Å². The minimum absolute atomic E-state index is 0.0232. The predicted octanol–water partition coefficient (Wildman–Crippen LogP) is 5.53. The summed E-state index contributed by atoms with van der Waals surface area (Å²) in [6, 6.07) is 18.6. The number of carbonyl (C=O) groups excluding carboxylic acids is 1. The maximum Gasteiger partial charge on any atom is 0.142 e. The van der Waals surface area contributed by atoms with Crippen LogP contribution in [-0.4, -0.2) is 50.5 Å². The van der Waals surface area contributed by atoms with Gasteiger partial charge in [0.25, 0.3) is 0 Å². The first-order valence-corrected chi connectivity index (χ1v) is 11.9. The number of hydrogen-bond donors (Lipinski definition) is 0. The van der Waals surface area contributed by atoms with Crippen LogP contribution in [-0.2, 0) is 4.79 Å². The van der Waals surface area contributed by atoms with Crippen molar-refractivity contribution in [2.45, 2.75) is 51.4 Å². The lowest BCUT2D eigenvalue weighted by Crippen LogP contribution is -2.47. The average Bonchev–Trinajstić information content (AvgIpc) is 2.83. The van der Waals surface area contributed by atoms with Crippen molar-refractivity contribution >= 4 is 11.5 Å². The number of ketones is 1. The van der Waals surface area contributed by atoms with Gasteiger partial charge in [-0.3, -0.25) is 9.69 Å². The van der Waals surface area contributed by atoms with Crippen molar-refractivity contribution in [1.82, 2.24) is 4.90 Å². The zero-order chi connectivity index (χ0) is 21.9. The molecule has 2 aromatic rings. The van der Waals surface area contributed by atoms with Crippen molar-refractivity contribution < 1.29 is 9.53 Å². The maximum atomic E-state index is 13.0. The smallest absolute Gasteiger partial charge is 0.142 e. The zero-order valence-electron chi connectivity index (χ0n) is 19.3. The molecule has 31 heavy (non-hydrogen) atoms. The third-order valence-electron chi connectivity index (χ3n) is 6.40. The first kappa shape index (κ1) is 23.3. The summed E-state index contributed by atoms with van der Waals surface area (Å²) < 4.78 is 5.53. The number of nitrogens with zero attached hydrogens (tertiary/aromatic N) is 2. The number of rotatable bonds is 12. The third-order valence-corrected chi connectivity index (χ3v) is 6.40. The Kier molecular flexibility index (Phi) is 9.41. The van der Waals surface area contributed by atoms with Gasteiger partial charge in [-0.1, -0.05) is 68.7 Å². The first-order valence-electron chi connectivity index (χ1n) is 11.9. The van der Waals surface area contributed by atoms with Gasteiger partial charge >= 0.3 is 0 Å². The van der Waals surface area contributed by atoms with Gasteiger partial charge in [-0.25, -0.2) is 0 Å². The van der Waals surface area contributed by atoms with Crippen LogP contribution in [0.2, 0.25) is 0 Å². The molecule has 168 valence electrons. The highest BCUT2D eigenvalue weighted by Gasteiger charge is 2.23. The predicted molar refractivity (Wildman–Crippen MR) is 129 cm³/mol. The second kappa shape index (κ2) is 12.5. The molecule has 1 fully saturated rings. The Morgan fingerprint density at radius 1 is 0.935 bits per heavy atom. The van der Waals surface area contributed by atoms with E-state index in [1.165, 1.54) is 24.1 Å². The minimum Gasteiger partial charge on any atom is -0.495 e. The highest BCUT2D eigenvalue weighted by atomic mass is 16.5. The fraction of sp³-hybridized carbons (Fsp3) is 0.519. The largest absolute Gasteiger partial charge is 0.495 e. The first-order chi connectivity index (χ1) is 15.2. The van der Waals surface area contributed by atoms with Crippen molar-refractivity contribution in [2.24, 2.45) is 0 Å². The van der Waals surface area contributed by atoms with Crippen LogP contribution in [0.25, 0.3) is 0 Å². The van der Waals surface area contributed by atoms with Crippen molar-refractivity contribution in [2.75, 3.05) is 44.7 Å². The Balaban J connectivity index is 1.54. The van der Waals surface area contributed by atoms with Crippen LogP contribution in [0.5, 0.6) is 5.75 Å². The molecule has 0 spiro atoms. The quantitative estimate of drug-likeness (QED) is 0.421. The molecule has 1 aliphatic rings. The van der Waals surface area contributed by atoms with E-state index in [9.17, 15) is 4.79 Å². The second-order valence-corrected chi connectivity index (χ2v) is 8.53. The van der Waals surface area contributed by atoms with E-state index in [-0.39, 0.29) is 5.92 Å². The number of para-hydroxylation sites is 2. The number of methoxy groups -OCH3 is 1. The molecular formula is C27H38N2O2. The van der Waals surface area contributed by atoms with Crippen LogP contribution in [0, 0.1) is 0 Å². The highest BCUT2D eigenvalue weighted by molar-refractivity contribution is 5.85. The third kappa shape index (κ3) is 6.83. The van der Waals surface area contributed by atoms with Crippen LogP contribution < -0.4 is 9.64 Å². The van der Waals surface area contributed by atoms with E-state index in [2.05, 4.69) is 53.1 Å². The standard InChI is InChI=1S/C27H38N2O2/c1-3-4-5-9-15-26(30)24(23-12-7-6-8-13-23)17-18-28-19-21-29(22-20-28)25-14-10-11-16-27(25)31-2/h6-8,10-14,16,24H,3-5,9,15,17-22H2,1-2H3. The van der Waals surface area contributed by atoms with Gasteiger partial charge in [-0.05, 0) is 37.1 Å². The molecule has 4 heteroatoms. The number of Topliss-reactive ketones (excluding diaryl/α,β-unsaturated/α-hetero) is 1. The van der Waals surface area contributed by atoms with Gasteiger partial charge in [0.1, 0.15) is 11.5 Å². The molecule has 1 unspecified atom stereocenters. The fourth-order valence-corrected chi connectivity index (χ4v) is 4.51. The molecule has 1 atom stereocenters. The SMILES string of the molecule is CCCCCCC(=O)C(CCN1CCN(c2ccccc2OC)CC1)c1ccccc1. The molecular weight excluding hydrogens is 384 g/mol. The number of hydrogen-bond acceptors (Lipinski definition) is 4. The summed E-state index contributed by atoms with van der Waals surface area (Å²) in [6.07, 6.45) is 6.23. The van der Waals surface area contributed by atoms with Gasteiger partial charge in [0.05, 0.1) is 12.8 Å². The number of unbranched alkanes of at least 4 members (excludes halogenated alkanes) is 3. The van der Waals surface area contributed by atoms with Crippen molar-refractivity contribution in [3.63, 3.8) is 0 Å². The Bertz CT molecular complexity index is 785. The summed E-state index contributed by atoms with van der Waals surface area (Å²) >= 11 is 0. The molecule has 0 saturated carbocycles. The molecule has 0 bridgehead atoms. The number of piperazine rings is 1. The maximum absolute atomic E-state index is 13.0. The summed E-state index contributed by atoms with van der Waals surface area (Å²) in [6.45, 7) is 7.19. The number of ether oxygens (including phenoxy) is 1. The molecule has 0 amide bonds. The molecule has 0 aromatic heterocycles. The molecule has 1 heterocycles. The molecule has 0 radical (unpaired) electrons. The normalized spacial score (nSPS) is 15.6. The second-order valence-electron chi connectivity index (χ2n) is 8.53. The Morgan fingerprint density at radius 3 is 2.35 bits per heavy atom. The lowest BCUT2D eigenvalue weighted by Gasteiger charge is -2.37. The van der Waals surface area contributed by atoms with Gasteiger partial charge in [-0.15, -0.1) is 0 Å². The summed E-state index contributed by atoms with van der Waals surface area (Å²) in [4.78, 5) is 18.0. The highest BCUT2D eigenvalue weighted by Crippen LogP contribution is 2.29. The average molecular weight is 423 g/mol. The van der Waals surface area contributed by atoms with E-state index in [1.54, 1.807) is 7.11 Å². The van der Waals surface area contributed by atoms with Crippen molar-refractivity contribution in [3.8, 4) is 5.75 Å². The molecule has 2 aromatic carbocycles. The van der Waals surface area contributed by atoms with E-state index >= 15 is 0 Å². The minimum atomic E-state index is 0.0232. The lowest BCUT2D eigenvalue weighted by molar-refractivity contribution is -0.120. The Labute approximate surface area is 188 Å². The van der Waals surface area contributed by atoms with Crippen molar-refractivity contribution in [3.05, 3.63) is 60.2 Å². The lowest BCUT2D eigenvalue weighted by atomic mass is 9.88. The van der Waals surface area contributed by atoms with Gasteiger partial charge in [0.15, 0.2) is 0 Å². The fourth-order valence-electron chi connectivity index (χ4n) is 4.51. The van der Waals surface area contributed by atoms with Crippen LogP contribution in [0.1, 0.15) is 56.9 Å². The van der Waals surface area contributed by atoms with Gasteiger partial charge < -0.3 is 9.64 Å². The molecule has 1 aliphatic heterocycles. The van der Waals surface area contributed by atoms with Crippen LogP contribution >= 0.6 is 0 Å². The number of anilines is 1. The monoisotopic (exact) mass is 422 g/mol. The van der Waals surface area contributed by atoms with Crippen LogP contribution in [0.3, 0.4) is 0 Å². The summed E-state index contributed by atoms with van der Waals surface area (Å²) in [5.41, 5.74) is 2.35. The van der Waals surface area contributed by atoms with E-state index in [4.69, 9.17) is 4.74 Å². The summed E-state index contributed by atoms with van der Waals surface area (Å²) in [5, 5.41) is 0. The van der Waals surface area contributed by atoms with Gasteiger partial charge in [0.2, 0.25) is 0 Å². The Hall–Kier alpha value is -2.33. The molecule has 3 rings (SSSR count). The molecule has 0 N–H and O–H groups in total. The van der Waals surface area contributed by atoms with E-state index in [1.807, 2.05) is 18.2 Å².